The predicted molar refractivity (Wildman–Crippen MR) is 102 cm³/mol. The molecule has 0 saturated heterocycles. The Morgan fingerprint density at radius 3 is 2.43 bits per heavy atom. The van der Waals surface area contributed by atoms with Crippen molar-refractivity contribution in [2.24, 2.45) is 0 Å². The fourth-order valence-electron chi connectivity index (χ4n) is 2.48. The Morgan fingerprint density at radius 1 is 1.14 bits per heavy atom. The minimum Gasteiger partial charge on any atom is -0.360 e. The third-order valence-corrected chi connectivity index (χ3v) is 4.00. The molecule has 0 aliphatic rings. The number of rotatable bonds is 7. The van der Waals surface area contributed by atoms with Crippen LogP contribution in [0.5, 0.6) is 0 Å². The van der Waals surface area contributed by atoms with Crippen LogP contribution < -0.4 is 10.6 Å². The number of amides is 1. The van der Waals surface area contributed by atoms with Gasteiger partial charge in [-0.2, -0.15) is 18.4 Å². The van der Waals surface area contributed by atoms with Crippen molar-refractivity contribution < 1.29 is 18.0 Å². The number of nitrogens with zero attached hydrogens (tertiary/aromatic N) is 1. The van der Waals surface area contributed by atoms with Crippen LogP contribution in [0.2, 0.25) is 0 Å². The Morgan fingerprint density at radius 2 is 1.82 bits per heavy atom. The van der Waals surface area contributed by atoms with E-state index >= 15 is 0 Å². The Bertz CT molecular complexity index is 881. The van der Waals surface area contributed by atoms with Gasteiger partial charge in [-0.05, 0) is 42.7 Å². The van der Waals surface area contributed by atoms with Crippen molar-refractivity contribution in [1.82, 2.24) is 0 Å². The first-order chi connectivity index (χ1) is 13.3. The van der Waals surface area contributed by atoms with E-state index in [1.165, 1.54) is 23.9 Å². The minimum absolute atomic E-state index is 0.341. The smallest absolute Gasteiger partial charge is 0.360 e. The molecule has 4 nitrogen and oxygen atoms in total. The molecule has 0 aromatic heterocycles. The lowest BCUT2D eigenvalue weighted by Crippen LogP contribution is -2.18. The van der Waals surface area contributed by atoms with Gasteiger partial charge in [-0.25, -0.2) is 0 Å². The number of anilines is 2. The first-order valence-corrected chi connectivity index (χ1v) is 8.78. The molecule has 0 spiro atoms. The lowest BCUT2D eigenvalue weighted by Gasteiger charge is -2.13. The Balaban J connectivity index is 2.09. The van der Waals surface area contributed by atoms with Crippen molar-refractivity contribution in [3.63, 3.8) is 0 Å². The van der Waals surface area contributed by atoms with Gasteiger partial charge in [0.1, 0.15) is 11.6 Å². The number of unbranched alkanes of at least 4 members (excludes halogenated alkanes) is 1. The first-order valence-electron chi connectivity index (χ1n) is 8.78. The maximum atomic E-state index is 13.0. The molecule has 0 unspecified atom stereocenters. The van der Waals surface area contributed by atoms with Crippen molar-refractivity contribution in [2.45, 2.75) is 32.4 Å². The summed E-state index contributed by atoms with van der Waals surface area (Å²) < 4.78 is 39.1. The zero-order valence-electron chi connectivity index (χ0n) is 15.3. The first kappa shape index (κ1) is 21.0. The third-order valence-electron chi connectivity index (χ3n) is 4.00. The molecule has 1 amide bonds. The highest BCUT2D eigenvalue weighted by Gasteiger charge is 2.33. The summed E-state index contributed by atoms with van der Waals surface area (Å²) in [6, 6.07) is 13.8. The molecule has 0 bridgehead atoms. The van der Waals surface area contributed by atoms with E-state index in [9.17, 15) is 23.2 Å². The van der Waals surface area contributed by atoms with Gasteiger partial charge in [-0.3, -0.25) is 4.79 Å². The van der Waals surface area contributed by atoms with E-state index in [4.69, 9.17) is 0 Å². The van der Waals surface area contributed by atoms with Crippen LogP contribution in [-0.4, -0.2) is 5.91 Å². The summed E-state index contributed by atoms with van der Waals surface area (Å²) >= 11 is 0. The lowest BCUT2D eigenvalue weighted by atomic mass is 10.1. The number of aryl methyl sites for hydroxylation is 1. The molecule has 2 N–H and O–H groups in total. The molecule has 0 aliphatic carbocycles. The van der Waals surface area contributed by atoms with Gasteiger partial charge < -0.3 is 10.6 Å². The SMILES string of the molecule is CCCCc1ccc(N/C=C(/C#N)C(=O)Nc2ccccc2C(F)(F)F)cc1. The summed E-state index contributed by atoms with van der Waals surface area (Å²) in [4.78, 5) is 12.2. The van der Waals surface area contributed by atoms with Gasteiger partial charge in [-0.15, -0.1) is 0 Å². The van der Waals surface area contributed by atoms with E-state index in [0.29, 0.717) is 5.69 Å². The van der Waals surface area contributed by atoms with Crippen LogP contribution in [0.1, 0.15) is 30.9 Å². The quantitative estimate of drug-likeness (QED) is 0.487. The number of hydrogen-bond donors (Lipinski definition) is 2. The normalized spacial score (nSPS) is 11.6. The van der Waals surface area contributed by atoms with Gasteiger partial charge in [0, 0.05) is 11.9 Å². The van der Waals surface area contributed by atoms with Crippen molar-refractivity contribution in [3.05, 3.63) is 71.4 Å². The molecule has 0 fully saturated rings. The Kier molecular flexibility index (Phi) is 7.21. The predicted octanol–water partition coefficient (Wildman–Crippen LogP) is 5.51. The molecular weight excluding hydrogens is 367 g/mol. The molecular formula is C21H20F3N3O. The summed E-state index contributed by atoms with van der Waals surface area (Å²) in [7, 11) is 0. The fraction of sp³-hybridized carbons (Fsp3) is 0.238. The summed E-state index contributed by atoms with van der Waals surface area (Å²) in [5.74, 6) is -0.925. The Labute approximate surface area is 161 Å². The maximum Gasteiger partial charge on any atom is 0.418 e. The monoisotopic (exact) mass is 387 g/mol. The topological polar surface area (TPSA) is 64.9 Å². The molecule has 2 rings (SSSR count). The molecule has 146 valence electrons. The lowest BCUT2D eigenvalue weighted by molar-refractivity contribution is -0.137. The molecule has 2 aromatic carbocycles. The van der Waals surface area contributed by atoms with Crippen molar-refractivity contribution in [1.29, 1.82) is 5.26 Å². The molecule has 0 aliphatic heterocycles. The molecule has 28 heavy (non-hydrogen) atoms. The second-order valence-corrected chi connectivity index (χ2v) is 6.11. The number of hydrogen-bond acceptors (Lipinski definition) is 3. The molecule has 0 radical (unpaired) electrons. The van der Waals surface area contributed by atoms with Gasteiger partial charge in [0.15, 0.2) is 0 Å². The van der Waals surface area contributed by atoms with Crippen molar-refractivity contribution in [2.75, 3.05) is 10.6 Å². The fourth-order valence-corrected chi connectivity index (χ4v) is 2.48. The van der Waals surface area contributed by atoms with Crippen LogP contribution in [-0.2, 0) is 17.4 Å². The zero-order valence-corrected chi connectivity index (χ0v) is 15.3. The van der Waals surface area contributed by atoms with Gasteiger partial charge >= 0.3 is 6.18 Å². The average molecular weight is 387 g/mol. The molecule has 7 heteroatoms. The summed E-state index contributed by atoms with van der Waals surface area (Å²) in [5, 5.41) is 14.2. The van der Waals surface area contributed by atoms with E-state index in [-0.39, 0.29) is 5.57 Å². The van der Waals surface area contributed by atoms with E-state index in [0.717, 1.165) is 31.4 Å². The highest BCUT2D eigenvalue weighted by molar-refractivity contribution is 6.07. The number of nitrogens with one attached hydrogen (secondary N) is 2. The summed E-state index contributed by atoms with van der Waals surface area (Å²) in [5.41, 5.74) is 0.125. The average Bonchev–Trinajstić information content (AvgIpc) is 2.67. The highest BCUT2D eigenvalue weighted by Crippen LogP contribution is 2.34. The van der Waals surface area contributed by atoms with Crippen molar-refractivity contribution in [3.8, 4) is 6.07 Å². The molecule has 0 saturated carbocycles. The number of para-hydroxylation sites is 1. The van der Waals surface area contributed by atoms with Crippen LogP contribution in [0, 0.1) is 11.3 Å². The Hall–Kier alpha value is -3.27. The number of carbonyl (C=O) groups excluding carboxylic acids is 1. The number of nitriles is 1. The number of alkyl halides is 3. The second kappa shape index (κ2) is 9.60. The van der Waals surface area contributed by atoms with E-state index in [2.05, 4.69) is 17.6 Å². The third kappa shape index (κ3) is 5.88. The molecule has 0 atom stereocenters. The maximum absolute atomic E-state index is 13.0. The van der Waals surface area contributed by atoms with Gasteiger partial charge in [-0.1, -0.05) is 37.6 Å². The van der Waals surface area contributed by atoms with E-state index < -0.39 is 23.3 Å². The largest absolute Gasteiger partial charge is 0.418 e. The van der Waals surface area contributed by atoms with Crippen LogP contribution in [0.4, 0.5) is 24.5 Å². The van der Waals surface area contributed by atoms with Crippen LogP contribution in [0.3, 0.4) is 0 Å². The van der Waals surface area contributed by atoms with E-state index in [1.807, 2.05) is 24.3 Å². The summed E-state index contributed by atoms with van der Waals surface area (Å²) in [6.07, 6.45) is -0.284. The molecule has 2 aromatic rings. The zero-order chi connectivity index (χ0) is 20.6. The minimum atomic E-state index is -4.61. The number of carbonyl (C=O) groups is 1. The van der Waals surface area contributed by atoms with Gasteiger partial charge in [0.25, 0.3) is 5.91 Å². The number of halogens is 3. The van der Waals surface area contributed by atoms with E-state index in [1.54, 1.807) is 6.07 Å². The summed E-state index contributed by atoms with van der Waals surface area (Å²) in [6.45, 7) is 2.11. The van der Waals surface area contributed by atoms with Gasteiger partial charge in [0.2, 0.25) is 0 Å². The standard InChI is InChI=1S/C21H20F3N3O/c1-2-3-6-15-9-11-17(12-10-15)26-14-16(13-25)20(28)27-19-8-5-4-7-18(19)21(22,23)24/h4-5,7-12,14,26H,2-3,6H2,1H3,(H,27,28)/b16-14-. The highest BCUT2D eigenvalue weighted by atomic mass is 19.4. The molecule has 0 heterocycles. The second-order valence-electron chi connectivity index (χ2n) is 6.11. The van der Waals surface area contributed by atoms with Crippen LogP contribution in [0.15, 0.2) is 60.3 Å². The van der Waals surface area contributed by atoms with Gasteiger partial charge in [0.05, 0.1) is 11.3 Å². The number of benzene rings is 2. The van der Waals surface area contributed by atoms with Crippen molar-refractivity contribution >= 4 is 17.3 Å². The van der Waals surface area contributed by atoms with Crippen LogP contribution >= 0.6 is 0 Å². The van der Waals surface area contributed by atoms with Crippen LogP contribution in [0.25, 0.3) is 0 Å².